The van der Waals surface area contributed by atoms with Gasteiger partial charge in [0.15, 0.2) is 5.75 Å². The highest BCUT2D eigenvalue weighted by molar-refractivity contribution is 5.85. The molecular formula is C17H24N2O. The number of hydrogen-bond acceptors (Lipinski definition) is 3. The maximum Gasteiger partial charge on any atom is 0.151 e. The lowest BCUT2D eigenvalue weighted by Gasteiger charge is -2.24. The number of pyridine rings is 2. The molecule has 0 spiro atoms. The summed E-state index contributed by atoms with van der Waals surface area (Å²) in [5.74, 6) is 0.841. The average molecular weight is 272 g/mol. The second-order valence-electron chi connectivity index (χ2n) is 7.26. The second-order valence-corrected chi connectivity index (χ2v) is 7.26. The van der Waals surface area contributed by atoms with Crippen LogP contribution in [0.25, 0.3) is 11.0 Å². The van der Waals surface area contributed by atoms with E-state index in [2.05, 4.69) is 51.5 Å². The molecule has 0 aromatic carbocycles. The quantitative estimate of drug-likeness (QED) is 0.779. The van der Waals surface area contributed by atoms with Crippen molar-refractivity contribution in [2.24, 2.45) is 0 Å². The van der Waals surface area contributed by atoms with E-state index in [1.54, 1.807) is 7.11 Å². The highest BCUT2D eigenvalue weighted by Crippen LogP contribution is 2.37. The van der Waals surface area contributed by atoms with Gasteiger partial charge in [-0.3, -0.25) is 9.97 Å². The van der Waals surface area contributed by atoms with Crippen LogP contribution in [0.15, 0.2) is 18.5 Å². The Bertz CT molecular complexity index is 634. The van der Waals surface area contributed by atoms with E-state index in [0.717, 1.165) is 22.3 Å². The van der Waals surface area contributed by atoms with E-state index in [9.17, 15) is 0 Å². The molecule has 2 aromatic heterocycles. The summed E-state index contributed by atoms with van der Waals surface area (Å²) in [4.78, 5) is 9.19. The van der Waals surface area contributed by atoms with Gasteiger partial charge in [-0.1, -0.05) is 41.5 Å². The molecule has 20 heavy (non-hydrogen) atoms. The van der Waals surface area contributed by atoms with E-state index < -0.39 is 0 Å². The Hall–Kier alpha value is -1.64. The minimum Gasteiger partial charge on any atom is -0.494 e. The van der Waals surface area contributed by atoms with Gasteiger partial charge in [0, 0.05) is 18.0 Å². The summed E-state index contributed by atoms with van der Waals surface area (Å²) in [5, 5.41) is 0. The number of rotatable bonds is 1. The lowest BCUT2D eigenvalue weighted by molar-refractivity contribution is 0.401. The van der Waals surface area contributed by atoms with E-state index >= 15 is 0 Å². The number of aromatic nitrogens is 2. The molecule has 0 saturated heterocycles. The van der Waals surface area contributed by atoms with Gasteiger partial charge in [-0.2, -0.15) is 0 Å². The smallest absolute Gasteiger partial charge is 0.151 e. The van der Waals surface area contributed by atoms with Crippen LogP contribution in [0.3, 0.4) is 0 Å². The van der Waals surface area contributed by atoms with Crippen LogP contribution in [-0.2, 0) is 10.8 Å². The molecule has 2 heterocycles. The summed E-state index contributed by atoms with van der Waals surface area (Å²) in [6.07, 6.45) is 3.78. The van der Waals surface area contributed by atoms with Crippen molar-refractivity contribution in [1.82, 2.24) is 9.97 Å². The largest absolute Gasteiger partial charge is 0.494 e. The lowest BCUT2D eigenvalue weighted by Crippen LogP contribution is -2.16. The van der Waals surface area contributed by atoms with Gasteiger partial charge in [0.1, 0.15) is 5.52 Å². The Morgan fingerprint density at radius 2 is 1.45 bits per heavy atom. The van der Waals surface area contributed by atoms with Gasteiger partial charge >= 0.3 is 0 Å². The first-order valence-corrected chi connectivity index (χ1v) is 6.99. The third-order valence-electron chi connectivity index (χ3n) is 3.53. The van der Waals surface area contributed by atoms with Gasteiger partial charge in [0.2, 0.25) is 0 Å². The first-order chi connectivity index (χ1) is 9.16. The number of ether oxygens (including phenoxy) is 1. The fourth-order valence-electron chi connectivity index (χ4n) is 2.41. The van der Waals surface area contributed by atoms with E-state index in [0.29, 0.717) is 0 Å². The highest BCUT2D eigenvalue weighted by Gasteiger charge is 2.25. The molecule has 0 amide bonds. The first-order valence-electron chi connectivity index (χ1n) is 6.99. The van der Waals surface area contributed by atoms with Crippen LogP contribution in [0, 0.1) is 0 Å². The third kappa shape index (κ3) is 2.49. The van der Waals surface area contributed by atoms with Crippen LogP contribution in [0.2, 0.25) is 0 Å². The molecule has 0 unspecified atom stereocenters. The molecule has 0 atom stereocenters. The maximum atomic E-state index is 5.65. The molecule has 2 aromatic rings. The first kappa shape index (κ1) is 14.8. The van der Waals surface area contributed by atoms with E-state index in [4.69, 9.17) is 4.74 Å². The summed E-state index contributed by atoms with van der Waals surface area (Å²) >= 11 is 0. The van der Waals surface area contributed by atoms with Gasteiger partial charge < -0.3 is 4.74 Å². The minimum absolute atomic E-state index is 0.0219. The number of methoxy groups -OCH3 is 1. The van der Waals surface area contributed by atoms with Crippen molar-refractivity contribution in [3.8, 4) is 5.75 Å². The second kappa shape index (κ2) is 4.72. The van der Waals surface area contributed by atoms with Crippen molar-refractivity contribution >= 4 is 11.0 Å². The third-order valence-corrected chi connectivity index (χ3v) is 3.53. The Balaban J connectivity index is 2.84. The number of hydrogen-bond donors (Lipinski definition) is 0. The molecule has 0 radical (unpaired) electrons. The molecule has 0 fully saturated rings. The zero-order valence-corrected chi connectivity index (χ0v) is 13.5. The Kier molecular flexibility index (Phi) is 3.49. The molecule has 0 saturated carbocycles. The van der Waals surface area contributed by atoms with Gasteiger partial charge in [0.25, 0.3) is 0 Å². The van der Waals surface area contributed by atoms with Gasteiger partial charge in [0.05, 0.1) is 12.6 Å². The topological polar surface area (TPSA) is 35.0 Å². The molecule has 2 rings (SSSR count). The monoisotopic (exact) mass is 272 g/mol. The van der Waals surface area contributed by atoms with Crippen molar-refractivity contribution < 1.29 is 4.74 Å². The van der Waals surface area contributed by atoms with Crippen LogP contribution in [0.5, 0.6) is 5.75 Å². The molecule has 0 aliphatic heterocycles. The molecule has 3 nitrogen and oxygen atoms in total. The normalized spacial score (nSPS) is 12.8. The van der Waals surface area contributed by atoms with Crippen molar-refractivity contribution in [1.29, 1.82) is 0 Å². The summed E-state index contributed by atoms with van der Waals surface area (Å²) in [5.41, 5.74) is 4.08. The predicted molar refractivity (Wildman–Crippen MR) is 83.5 cm³/mol. The average Bonchev–Trinajstić information content (AvgIpc) is 2.34. The summed E-state index contributed by atoms with van der Waals surface area (Å²) in [6.45, 7) is 13.0. The Morgan fingerprint density at radius 1 is 0.850 bits per heavy atom. The van der Waals surface area contributed by atoms with Gasteiger partial charge in [-0.15, -0.1) is 0 Å². The molecule has 0 aliphatic carbocycles. The molecule has 108 valence electrons. The summed E-state index contributed by atoms with van der Waals surface area (Å²) in [6, 6.07) is 2.05. The fourth-order valence-corrected chi connectivity index (χ4v) is 2.41. The standard InChI is InChI=1S/C17H24N2O/c1-16(2,3)11-8-9-18-14-13(11)19-10-12(15(14)20-7)17(4,5)6/h8-10H,1-7H3. The van der Waals surface area contributed by atoms with Crippen molar-refractivity contribution in [2.45, 2.75) is 52.4 Å². The molecule has 0 aliphatic rings. The van der Waals surface area contributed by atoms with Crippen LogP contribution in [-0.4, -0.2) is 17.1 Å². The van der Waals surface area contributed by atoms with Crippen LogP contribution in [0.4, 0.5) is 0 Å². The Morgan fingerprint density at radius 3 is 1.95 bits per heavy atom. The van der Waals surface area contributed by atoms with E-state index in [1.807, 2.05) is 18.5 Å². The van der Waals surface area contributed by atoms with Crippen molar-refractivity contribution in [3.05, 3.63) is 29.6 Å². The molecule has 0 bridgehead atoms. The SMILES string of the molecule is COc1c(C(C)(C)C)cnc2c(C(C)(C)C)ccnc12. The minimum atomic E-state index is -0.0219. The van der Waals surface area contributed by atoms with E-state index in [1.165, 1.54) is 5.56 Å². The Labute approximate surface area is 121 Å². The predicted octanol–water partition coefficient (Wildman–Crippen LogP) is 4.23. The van der Waals surface area contributed by atoms with Crippen molar-refractivity contribution in [2.75, 3.05) is 7.11 Å². The number of nitrogens with zero attached hydrogens (tertiary/aromatic N) is 2. The molecular weight excluding hydrogens is 248 g/mol. The van der Waals surface area contributed by atoms with Crippen LogP contribution in [0.1, 0.15) is 52.7 Å². The lowest BCUT2D eigenvalue weighted by atomic mass is 9.84. The fraction of sp³-hybridized carbons (Fsp3) is 0.529. The summed E-state index contributed by atoms with van der Waals surface area (Å²) in [7, 11) is 1.70. The van der Waals surface area contributed by atoms with E-state index in [-0.39, 0.29) is 10.8 Å². The zero-order chi connectivity index (χ0) is 15.1. The molecule has 3 heteroatoms. The summed E-state index contributed by atoms with van der Waals surface area (Å²) < 4.78 is 5.65. The van der Waals surface area contributed by atoms with Crippen LogP contribution >= 0.6 is 0 Å². The van der Waals surface area contributed by atoms with Crippen LogP contribution < -0.4 is 4.74 Å². The molecule has 0 N–H and O–H groups in total. The maximum absolute atomic E-state index is 5.65. The highest BCUT2D eigenvalue weighted by atomic mass is 16.5. The van der Waals surface area contributed by atoms with Gasteiger partial charge in [-0.05, 0) is 22.5 Å². The van der Waals surface area contributed by atoms with Crippen molar-refractivity contribution in [3.63, 3.8) is 0 Å². The van der Waals surface area contributed by atoms with Gasteiger partial charge in [-0.25, -0.2) is 0 Å². The number of fused-ring (bicyclic) bond motifs is 1. The zero-order valence-electron chi connectivity index (χ0n) is 13.5.